The van der Waals surface area contributed by atoms with E-state index >= 15 is 0 Å². The van der Waals surface area contributed by atoms with Crippen molar-refractivity contribution in [3.05, 3.63) is 77.6 Å². The van der Waals surface area contributed by atoms with Gasteiger partial charge in [-0.15, -0.1) is 0 Å². The average molecular weight is 374 g/mol. The molecule has 144 valence electrons. The molecule has 2 aromatic carbocycles. The van der Waals surface area contributed by atoms with Gasteiger partial charge in [-0.1, -0.05) is 58.0 Å². The number of pyridine rings is 1. The Morgan fingerprint density at radius 3 is 1.96 bits per heavy atom. The van der Waals surface area contributed by atoms with Crippen LogP contribution in [0.4, 0.5) is 11.4 Å². The number of hydrogen-bond donors (Lipinski definition) is 2. The molecule has 3 aromatic rings. The van der Waals surface area contributed by atoms with Gasteiger partial charge in [0, 0.05) is 22.6 Å². The lowest BCUT2D eigenvalue weighted by Gasteiger charge is -2.17. The van der Waals surface area contributed by atoms with E-state index in [1.165, 1.54) is 0 Å². The van der Waals surface area contributed by atoms with Crippen LogP contribution in [0.5, 0.6) is 0 Å². The first-order valence-corrected chi connectivity index (χ1v) is 9.57. The van der Waals surface area contributed by atoms with Crippen LogP contribution >= 0.6 is 0 Å². The Balaban J connectivity index is 2.10. The summed E-state index contributed by atoms with van der Waals surface area (Å²) in [5, 5.41) is 12.8. The van der Waals surface area contributed by atoms with Gasteiger partial charge in [0.15, 0.2) is 0 Å². The number of carboxylic acid groups (broad SMARTS) is 1. The highest BCUT2D eigenvalue weighted by Gasteiger charge is 2.14. The standard InChI is InChI=1S/C24H26N2O2/c1-15(2)22-13-17(14-23(26-22)16(3)4)18-9-5-7-11-20(18)25-21-12-8-6-10-19(21)24(27)28/h5-16,25H,1-4H3,(H,27,28). The highest BCUT2D eigenvalue weighted by molar-refractivity contribution is 5.96. The van der Waals surface area contributed by atoms with Crippen LogP contribution in [-0.4, -0.2) is 16.1 Å². The minimum atomic E-state index is -0.950. The summed E-state index contributed by atoms with van der Waals surface area (Å²) in [6, 6.07) is 19.2. The van der Waals surface area contributed by atoms with Crippen LogP contribution in [0, 0.1) is 0 Å². The molecule has 4 nitrogen and oxygen atoms in total. The maximum Gasteiger partial charge on any atom is 0.337 e. The molecule has 0 spiro atoms. The first-order valence-electron chi connectivity index (χ1n) is 9.57. The number of nitrogens with zero attached hydrogens (tertiary/aromatic N) is 1. The summed E-state index contributed by atoms with van der Waals surface area (Å²) in [4.78, 5) is 16.4. The molecule has 1 aromatic heterocycles. The van der Waals surface area contributed by atoms with Crippen molar-refractivity contribution in [3.8, 4) is 11.1 Å². The lowest BCUT2D eigenvalue weighted by atomic mass is 9.97. The van der Waals surface area contributed by atoms with Crippen LogP contribution in [0.1, 0.15) is 61.3 Å². The van der Waals surface area contributed by atoms with Crippen molar-refractivity contribution in [1.29, 1.82) is 0 Å². The molecular weight excluding hydrogens is 348 g/mol. The summed E-state index contributed by atoms with van der Waals surface area (Å²) in [5.41, 5.74) is 5.91. The van der Waals surface area contributed by atoms with Gasteiger partial charge in [-0.25, -0.2) is 4.79 Å². The Morgan fingerprint density at radius 2 is 1.39 bits per heavy atom. The number of anilines is 2. The van der Waals surface area contributed by atoms with E-state index in [0.29, 0.717) is 17.5 Å². The smallest absolute Gasteiger partial charge is 0.337 e. The van der Waals surface area contributed by atoms with E-state index in [1.54, 1.807) is 18.2 Å². The van der Waals surface area contributed by atoms with Gasteiger partial charge in [0.1, 0.15) is 0 Å². The number of para-hydroxylation sites is 2. The molecule has 0 bridgehead atoms. The van der Waals surface area contributed by atoms with Gasteiger partial charge in [-0.3, -0.25) is 4.98 Å². The lowest BCUT2D eigenvalue weighted by molar-refractivity contribution is 0.0698. The number of aromatic nitrogens is 1. The summed E-state index contributed by atoms with van der Waals surface area (Å²) in [6.45, 7) is 8.57. The molecule has 0 unspecified atom stereocenters. The summed E-state index contributed by atoms with van der Waals surface area (Å²) < 4.78 is 0. The second-order valence-electron chi connectivity index (χ2n) is 7.54. The Bertz CT molecular complexity index is 967. The Kier molecular flexibility index (Phi) is 5.78. The topological polar surface area (TPSA) is 62.2 Å². The minimum absolute atomic E-state index is 0.248. The third-order valence-corrected chi connectivity index (χ3v) is 4.71. The Hall–Kier alpha value is -3.14. The molecule has 4 heteroatoms. The molecule has 0 aliphatic heterocycles. The van der Waals surface area contributed by atoms with Crippen molar-refractivity contribution in [1.82, 2.24) is 4.98 Å². The highest BCUT2D eigenvalue weighted by atomic mass is 16.4. The predicted molar refractivity (Wildman–Crippen MR) is 115 cm³/mol. The second kappa shape index (κ2) is 8.26. The lowest BCUT2D eigenvalue weighted by Crippen LogP contribution is -2.04. The molecule has 0 amide bonds. The number of carbonyl (C=O) groups is 1. The Morgan fingerprint density at radius 1 is 0.857 bits per heavy atom. The van der Waals surface area contributed by atoms with E-state index in [2.05, 4.69) is 51.2 Å². The van der Waals surface area contributed by atoms with Crippen molar-refractivity contribution < 1.29 is 9.90 Å². The first-order chi connectivity index (χ1) is 13.4. The number of rotatable bonds is 6. The van der Waals surface area contributed by atoms with Crippen LogP contribution in [0.3, 0.4) is 0 Å². The van der Waals surface area contributed by atoms with Gasteiger partial charge in [-0.2, -0.15) is 0 Å². The van der Waals surface area contributed by atoms with Crippen molar-refractivity contribution in [3.63, 3.8) is 0 Å². The fourth-order valence-corrected chi connectivity index (χ4v) is 3.09. The van der Waals surface area contributed by atoms with Gasteiger partial charge in [-0.05, 0) is 47.7 Å². The molecule has 0 atom stereocenters. The Labute approximate surface area is 166 Å². The summed E-state index contributed by atoms with van der Waals surface area (Å²) >= 11 is 0. The molecule has 0 aliphatic carbocycles. The molecule has 0 radical (unpaired) electrons. The second-order valence-corrected chi connectivity index (χ2v) is 7.54. The summed E-state index contributed by atoms with van der Waals surface area (Å²) in [6.07, 6.45) is 0. The van der Waals surface area contributed by atoms with Crippen LogP contribution in [0.2, 0.25) is 0 Å². The van der Waals surface area contributed by atoms with E-state index in [0.717, 1.165) is 28.2 Å². The monoisotopic (exact) mass is 374 g/mol. The first kappa shape index (κ1) is 19.6. The van der Waals surface area contributed by atoms with Gasteiger partial charge in [0.2, 0.25) is 0 Å². The van der Waals surface area contributed by atoms with E-state index < -0.39 is 5.97 Å². The van der Waals surface area contributed by atoms with Gasteiger partial charge < -0.3 is 10.4 Å². The van der Waals surface area contributed by atoms with Crippen molar-refractivity contribution in [2.75, 3.05) is 5.32 Å². The minimum Gasteiger partial charge on any atom is -0.478 e. The summed E-state index contributed by atoms with van der Waals surface area (Å²) in [5.74, 6) is -0.302. The fraction of sp³-hybridized carbons (Fsp3) is 0.250. The number of benzene rings is 2. The maximum absolute atomic E-state index is 11.6. The van der Waals surface area contributed by atoms with Crippen molar-refractivity contribution in [2.45, 2.75) is 39.5 Å². The summed E-state index contributed by atoms with van der Waals surface area (Å²) in [7, 11) is 0. The molecule has 0 aliphatic rings. The van der Waals surface area contributed by atoms with Crippen molar-refractivity contribution in [2.24, 2.45) is 0 Å². The number of nitrogens with one attached hydrogen (secondary N) is 1. The number of carboxylic acids is 1. The van der Waals surface area contributed by atoms with Gasteiger partial charge >= 0.3 is 5.97 Å². The van der Waals surface area contributed by atoms with E-state index in [-0.39, 0.29) is 5.56 Å². The third kappa shape index (κ3) is 4.22. The van der Waals surface area contributed by atoms with Crippen LogP contribution < -0.4 is 5.32 Å². The predicted octanol–water partition coefficient (Wildman–Crippen LogP) is 6.44. The molecule has 28 heavy (non-hydrogen) atoms. The molecule has 0 saturated carbocycles. The van der Waals surface area contributed by atoms with E-state index in [9.17, 15) is 9.90 Å². The molecule has 0 fully saturated rings. The number of aromatic carboxylic acids is 1. The van der Waals surface area contributed by atoms with E-state index in [1.807, 2.05) is 24.3 Å². The zero-order valence-electron chi connectivity index (χ0n) is 16.7. The normalized spacial score (nSPS) is 11.1. The average Bonchev–Trinajstić information content (AvgIpc) is 2.68. The van der Waals surface area contributed by atoms with Gasteiger partial charge in [0.25, 0.3) is 0 Å². The molecule has 1 heterocycles. The fourth-order valence-electron chi connectivity index (χ4n) is 3.09. The molecular formula is C24H26N2O2. The SMILES string of the molecule is CC(C)c1cc(-c2ccccc2Nc2ccccc2C(=O)O)cc(C(C)C)n1. The quantitative estimate of drug-likeness (QED) is 0.521. The highest BCUT2D eigenvalue weighted by Crippen LogP contribution is 2.34. The van der Waals surface area contributed by atoms with Crippen LogP contribution in [0.25, 0.3) is 11.1 Å². The van der Waals surface area contributed by atoms with Gasteiger partial charge in [0.05, 0.1) is 11.3 Å². The zero-order chi connectivity index (χ0) is 20.3. The maximum atomic E-state index is 11.6. The zero-order valence-corrected chi connectivity index (χ0v) is 16.7. The molecule has 2 N–H and O–H groups in total. The largest absolute Gasteiger partial charge is 0.478 e. The van der Waals surface area contributed by atoms with Crippen LogP contribution in [-0.2, 0) is 0 Å². The molecule has 0 saturated heterocycles. The third-order valence-electron chi connectivity index (χ3n) is 4.71. The van der Waals surface area contributed by atoms with Crippen molar-refractivity contribution >= 4 is 17.3 Å². The van der Waals surface area contributed by atoms with E-state index in [4.69, 9.17) is 4.98 Å². The van der Waals surface area contributed by atoms with Crippen LogP contribution in [0.15, 0.2) is 60.7 Å². The molecule has 3 rings (SSSR count). The number of hydrogen-bond acceptors (Lipinski definition) is 3.